The molecule has 0 aromatic heterocycles. The highest BCUT2D eigenvalue weighted by molar-refractivity contribution is 5.68. The summed E-state index contributed by atoms with van der Waals surface area (Å²) in [7, 11) is 1.78. The first-order chi connectivity index (χ1) is 6.90. The summed E-state index contributed by atoms with van der Waals surface area (Å²) in [5.41, 5.74) is -0.536. The molecular formula is C10H21FN2O2. The Kier molecular flexibility index (Phi) is 6.24. The lowest BCUT2D eigenvalue weighted by Gasteiger charge is -2.26. The highest BCUT2D eigenvalue weighted by Crippen LogP contribution is 2.09. The molecule has 90 valence electrons. The molecule has 0 radical (unpaired) electrons. The molecule has 0 aliphatic heterocycles. The van der Waals surface area contributed by atoms with Gasteiger partial charge in [-0.3, -0.25) is 0 Å². The van der Waals surface area contributed by atoms with Crippen LogP contribution in [0.4, 0.5) is 9.18 Å². The number of hydrogen-bond acceptors (Lipinski definition) is 3. The lowest BCUT2D eigenvalue weighted by molar-refractivity contribution is 0.0242. The fraction of sp³-hybridized carbons (Fsp3) is 0.900. The number of carbonyl (C=O) groups excluding carboxylic acids is 1. The number of carbonyl (C=O) groups is 1. The average molecular weight is 220 g/mol. The number of nitrogens with zero attached hydrogens (tertiary/aromatic N) is 1. The molecule has 0 atom stereocenters. The molecule has 1 N–H and O–H groups in total. The maximum atomic E-state index is 12.2. The van der Waals surface area contributed by atoms with Crippen molar-refractivity contribution in [3.8, 4) is 0 Å². The molecule has 0 heterocycles. The minimum absolute atomic E-state index is 0.0800. The molecule has 0 saturated carbocycles. The summed E-state index contributed by atoms with van der Waals surface area (Å²) in [6.07, 6.45) is -0.463. The highest BCUT2D eigenvalue weighted by atomic mass is 19.1. The molecule has 0 aromatic carbocycles. The van der Waals surface area contributed by atoms with Crippen LogP contribution in [0, 0.1) is 0 Å². The smallest absolute Gasteiger partial charge is 0.410 e. The predicted octanol–water partition coefficient (Wildman–Crippen LogP) is 1.41. The van der Waals surface area contributed by atoms with Gasteiger partial charge < -0.3 is 15.0 Å². The molecule has 15 heavy (non-hydrogen) atoms. The second-order valence-corrected chi connectivity index (χ2v) is 4.26. The number of amides is 1. The Labute approximate surface area is 90.8 Å². The highest BCUT2D eigenvalue weighted by Gasteiger charge is 2.21. The zero-order valence-corrected chi connectivity index (χ0v) is 9.97. The van der Waals surface area contributed by atoms with Crippen LogP contribution in [0.3, 0.4) is 0 Å². The number of likely N-dealkylation sites (N-methyl/N-ethyl adjacent to an activating group) is 1. The van der Waals surface area contributed by atoms with Crippen LogP contribution in [0.15, 0.2) is 0 Å². The Hall–Kier alpha value is -0.840. The van der Waals surface area contributed by atoms with Gasteiger partial charge in [-0.15, -0.1) is 0 Å². The largest absolute Gasteiger partial charge is 0.444 e. The Bertz CT molecular complexity index is 192. The van der Waals surface area contributed by atoms with Crippen molar-refractivity contribution in [3.63, 3.8) is 0 Å². The summed E-state index contributed by atoms with van der Waals surface area (Å²) in [6.45, 7) is 5.97. The summed E-state index contributed by atoms with van der Waals surface area (Å²) >= 11 is 0. The summed E-state index contributed by atoms with van der Waals surface area (Å²) in [4.78, 5) is 12.9. The summed E-state index contributed by atoms with van der Waals surface area (Å²) < 4.78 is 17.3. The number of rotatable bonds is 5. The van der Waals surface area contributed by atoms with E-state index in [-0.39, 0.29) is 6.54 Å². The van der Waals surface area contributed by atoms with Crippen molar-refractivity contribution in [1.82, 2.24) is 10.2 Å². The van der Waals surface area contributed by atoms with Crippen LogP contribution in [0.5, 0.6) is 0 Å². The second kappa shape index (κ2) is 6.61. The molecule has 4 nitrogen and oxygen atoms in total. The zero-order chi connectivity index (χ0) is 11.9. The second-order valence-electron chi connectivity index (χ2n) is 4.26. The quantitative estimate of drug-likeness (QED) is 0.761. The molecule has 0 saturated heterocycles. The first kappa shape index (κ1) is 14.2. The number of halogens is 1. The van der Waals surface area contributed by atoms with E-state index in [0.717, 1.165) is 0 Å². The molecule has 0 rings (SSSR count). The van der Waals surface area contributed by atoms with E-state index in [2.05, 4.69) is 5.32 Å². The van der Waals surface area contributed by atoms with Crippen LogP contribution < -0.4 is 5.32 Å². The first-order valence-corrected chi connectivity index (χ1v) is 5.09. The fourth-order valence-electron chi connectivity index (χ4n) is 0.970. The van der Waals surface area contributed by atoms with Crippen LogP contribution in [-0.2, 0) is 4.74 Å². The third-order valence-corrected chi connectivity index (χ3v) is 1.64. The third-order valence-electron chi connectivity index (χ3n) is 1.64. The van der Waals surface area contributed by atoms with Crippen molar-refractivity contribution in [2.24, 2.45) is 0 Å². The Morgan fingerprint density at radius 1 is 1.40 bits per heavy atom. The molecule has 0 spiro atoms. The molecule has 0 bridgehead atoms. The van der Waals surface area contributed by atoms with Crippen LogP contribution >= 0.6 is 0 Å². The van der Waals surface area contributed by atoms with E-state index >= 15 is 0 Å². The lowest BCUT2D eigenvalue weighted by atomic mass is 10.2. The molecular weight excluding hydrogens is 199 g/mol. The van der Waals surface area contributed by atoms with Gasteiger partial charge >= 0.3 is 6.09 Å². The van der Waals surface area contributed by atoms with Crippen molar-refractivity contribution in [1.29, 1.82) is 0 Å². The minimum Gasteiger partial charge on any atom is -0.444 e. The fourth-order valence-corrected chi connectivity index (χ4v) is 0.970. The maximum absolute atomic E-state index is 12.2. The van der Waals surface area contributed by atoms with Gasteiger partial charge in [0.15, 0.2) is 0 Å². The van der Waals surface area contributed by atoms with E-state index in [9.17, 15) is 9.18 Å². The number of alkyl halides is 1. The van der Waals surface area contributed by atoms with E-state index in [1.54, 1.807) is 27.8 Å². The molecule has 1 amide bonds. The van der Waals surface area contributed by atoms with E-state index in [1.165, 1.54) is 4.90 Å². The minimum atomic E-state index is -0.553. The molecule has 0 unspecified atom stereocenters. The Morgan fingerprint density at radius 2 is 2.00 bits per heavy atom. The van der Waals surface area contributed by atoms with Crippen LogP contribution in [0.25, 0.3) is 0 Å². The summed E-state index contributed by atoms with van der Waals surface area (Å²) in [6, 6.07) is 0. The van der Waals surface area contributed by atoms with Crippen molar-refractivity contribution in [2.45, 2.75) is 26.4 Å². The van der Waals surface area contributed by atoms with Crippen LogP contribution in [-0.4, -0.2) is 50.0 Å². The average Bonchev–Trinajstić information content (AvgIpc) is 2.09. The SMILES string of the molecule is CNCCN(CCF)C(=O)OC(C)(C)C. The van der Waals surface area contributed by atoms with Gasteiger partial charge in [-0.2, -0.15) is 0 Å². The van der Waals surface area contributed by atoms with Crippen molar-refractivity contribution in [2.75, 3.05) is 33.4 Å². The standard InChI is InChI=1S/C10H21FN2O2/c1-10(2,3)15-9(14)13(7-5-11)8-6-12-4/h12H,5-8H2,1-4H3. The molecule has 0 aliphatic rings. The van der Waals surface area contributed by atoms with Crippen LogP contribution in [0.1, 0.15) is 20.8 Å². The topological polar surface area (TPSA) is 41.6 Å². The van der Waals surface area contributed by atoms with Crippen molar-refractivity contribution in [3.05, 3.63) is 0 Å². The lowest BCUT2D eigenvalue weighted by Crippen LogP contribution is -2.41. The molecule has 0 aliphatic carbocycles. The first-order valence-electron chi connectivity index (χ1n) is 5.09. The Balaban J connectivity index is 4.15. The maximum Gasteiger partial charge on any atom is 0.410 e. The van der Waals surface area contributed by atoms with Gasteiger partial charge in [0, 0.05) is 13.1 Å². The van der Waals surface area contributed by atoms with Gasteiger partial charge in [0.1, 0.15) is 12.3 Å². The number of nitrogens with one attached hydrogen (secondary N) is 1. The van der Waals surface area contributed by atoms with E-state index in [1.807, 2.05) is 0 Å². The van der Waals surface area contributed by atoms with Gasteiger partial charge in [-0.25, -0.2) is 9.18 Å². The van der Waals surface area contributed by atoms with Gasteiger partial charge in [-0.05, 0) is 27.8 Å². The zero-order valence-electron chi connectivity index (χ0n) is 9.97. The monoisotopic (exact) mass is 220 g/mol. The molecule has 0 aromatic rings. The van der Waals surface area contributed by atoms with Gasteiger partial charge in [0.25, 0.3) is 0 Å². The number of hydrogen-bond donors (Lipinski definition) is 1. The van der Waals surface area contributed by atoms with Gasteiger partial charge in [0.05, 0.1) is 6.54 Å². The van der Waals surface area contributed by atoms with Crippen molar-refractivity contribution >= 4 is 6.09 Å². The van der Waals surface area contributed by atoms with Gasteiger partial charge in [-0.1, -0.05) is 0 Å². The summed E-state index contributed by atoms with van der Waals surface area (Å²) in [5.74, 6) is 0. The third kappa shape index (κ3) is 7.13. The summed E-state index contributed by atoms with van der Waals surface area (Å²) in [5, 5.41) is 2.90. The molecule has 5 heteroatoms. The van der Waals surface area contributed by atoms with Crippen molar-refractivity contribution < 1.29 is 13.9 Å². The van der Waals surface area contributed by atoms with Crippen LogP contribution in [0.2, 0.25) is 0 Å². The van der Waals surface area contributed by atoms with E-state index < -0.39 is 18.4 Å². The van der Waals surface area contributed by atoms with E-state index in [4.69, 9.17) is 4.74 Å². The normalized spacial score (nSPS) is 11.3. The molecule has 0 fully saturated rings. The number of ether oxygens (including phenoxy) is 1. The Morgan fingerprint density at radius 3 is 2.40 bits per heavy atom. The van der Waals surface area contributed by atoms with E-state index in [0.29, 0.717) is 13.1 Å². The van der Waals surface area contributed by atoms with Gasteiger partial charge in [0.2, 0.25) is 0 Å². The predicted molar refractivity (Wildman–Crippen MR) is 57.7 cm³/mol.